The summed E-state index contributed by atoms with van der Waals surface area (Å²) in [7, 11) is 0. The summed E-state index contributed by atoms with van der Waals surface area (Å²) in [5.74, 6) is -1.57. The number of hydrogen-bond donors (Lipinski definition) is 3. The summed E-state index contributed by atoms with van der Waals surface area (Å²) in [5.41, 5.74) is 6.90. The van der Waals surface area contributed by atoms with Gasteiger partial charge in [0.2, 0.25) is 5.91 Å². The molecular formula is C14H10BrClN2O3. The van der Waals surface area contributed by atoms with Gasteiger partial charge in [0, 0.05) is 10.0 Å². The Morgan fingerprint density at radius 3 is 2.24 bits per heavy atom. The minimum Gasteiger partial charge on any atom is -0.478 e. The smallest absolute Gasteiger partial charge is 0.335 e. The number of carboxylic acids is 1. The number of hydrogen-bond acceptors (Lipinski definition) is 3. The number of carboxylic acid groups (broad SMARTS) is 1. The topological polar surface area (TPSA) is 92.4 Å². The first-order valence-electron chi connectivity index (χ1n) is 5.77. The molecular weight excluding hydrogens is 360 g/mol. The van der Waals surface area contributed by atoms with Crippen molar-refractivity contribution in [2.75, 3.05) is 5.32 Å². The van der Waals surface area contributed by atoms with Gasteiger partial charge in [-0.3, -0.25) is 4.79 Å². The largest absolute Gasteiger partial charge is 0.478 e. The number of aromatic carboxylic acids is 1. The number of nitrogens with one attached hydrogen (secondary N) is 1. The van der Waals surface area contributed by atoms with Crippen LogP contribution in [0, 0.1) is 0 Å². The minimum atomic E-state index is -1.05. The van der Waals surface area contributed by atoms with E-state index >= 15 is 0 Å². The second-order valence-electron chi connectivity index (χ2n) is 4.18. The predicted molar refractivity (Wildman–Crippen MR) is 84.4 cm³/mol. The Bertz CT molecular complexity index is 673. The quantitative estimate of drug-likeness (QED) is 0.767. The van der Waals surface area contributed by atoms with E-state index in [2.05, 4.69) is 21.2 Å². The number of benzene rings is 2. The number of halogens is 2. The van der Waals surface area contributed by atoms with Gasteiger partial charge in [0.15, 0.2) is 0 Å². The van der Waals surface area contributed by atoms with Gasteiger partial charge in [-0.1, -0.05) is 11.6 Å². The van der Waals surface area contributed by atoms with Gasteiger partial charge < -0.3 is 16.2 Å². The first-order chi connectivity index (χ1) is 9.88. The number of rotatable bonds is 4. The maximum atomic E-state index is 11.1. The third kappa shape index (κ3) is 3.53. The Morgan fingerprint density at radius 1 is 1.10 bits per heavy atom. The maximum Gasteiger partial charge on any atom is 0.335 e. The monoisotopic (exact) mass is 368 g/mol. The van der Waals surface area contributed by atoms with Gasteiger partial charge in [-0.05, 0) is 52.3 Å². The normalized spacial score (nSPS) is 10.2. The molecule has 0 atom stereocenters. The van der Waals surface area contributed by atoms with Crippen molar-refractivity contribution >= 4 is 50.8 Å². The van der Waals surface area contributed by atoms with Crippen molar-refractivity contribution in [2.45, 2.75) is 0 Å². The molecule has 108 valence electrons. The van der Waals surface area contributed by atoms with Crippen LogP contribution in [0.15, 0.2) is 40.9 Å². The van der Waals surface area contributed by atoms with Gasteiger partial charge in [0.25, 0.3) is 0 Å². The van der Waals surface area contributed by atoms with Crippen LogP contribution >= 0.6 is 27.5 Å². The number of carbonyl (C=O) groups excluding carboxylic acids is 1. The standard InChI is InChI=1S/C14H10BrClN2O3/c15-9-5-7(13(17)19)1-3-11(9)18-12-4-2-8(14(20)21)6-10(12)16/h1-6,18H,(H2,17,19)(H,20,21). The van der Waals surface area contributed by atoms with Gasteiger partial charge in [-0.25, -0.2) is 4.79 Å². The van der Waals surface area contributed by atoms with E-state index in [9.17, 15) is 9.59 Å². The Labute approximate surface area is 133 Å². The highest BCUT2D eigenvalue weighted by Crippen LogP contribution is 2.31. The highest BCUT2D eigenvalue weighted by Gasteiger charge is 2.10. The fourth-order valence-electron chi connectivity index (χ4n) is 1.66. The number of amides is 1. The van der Waals surface area contributed by atoms with Crippen LogP contribution in [0.25, 0.3) is 0 Å². The zero-order valence-corrected chi connectivity index (χ0v) is 12.9. The predicted octanol–water partition coefficient (Wildman–Crippen LogP) is 3.64. The molecule has 0 fully saturated rings. The molecule has 0 aliphatic rings. The fraction of sp³-hybridized carbons (Fsp3) is 0. The molecule has 0 heterocycles. The second-order valence-corrected chi connectivity index (χ2v) is 5.45. The zero-order chi connectivity index (χ0) is 15.6. The third-order valence-corrected chi connectivity index (χ3v) is 3.71. The van der Waals surface area contributed by atoms with Crippen molar-refractivity contribution in [3.63, 3.8) is 0 Å². The molecule has 0 aliphatic carbocycles. The molecule has 0 spiro atoms. The van der Waals surface area contributed by atoms with Crippen molar-refractivity contribution in [1.82, 2.24) is 0 Å². The molecule has 7 heteroatoms. The van der Waals surface area contributed by atoms with E-state index in [1.807, 2.05) is 0 Å². The van der Waals surface area contributed by atoms with E-state index < -0.39 is 11.9 Å². The van der Waals surface area contributed by atoms with Crippen molar-refractivity contribution in [3.05, 3.63) is 57.0 Å². The highest BCUT2D eigenvalue weighted by molar-refractivity contribution is 9.10. The van der Waals surface area contributed by atoms with Crippen molar-refractivity contribution in [1.29, 1.82) is 0 Å². The summed E-state index contributed by atoms with van der Waals surface area (Å²) in [5, 5.41) is 12.2. The molecule has 0 saturated carbocycles. The summed E-state index contributed by atoms with van der Waals surface area (Å²) < 4.78 is 0.636. The Kier molecular flexibility index (Phi) is 4.50. The first kappa shape index (κ1) is 15.3. The molecule has 0 aliphatic heterocycles. The van der Waals surface area contributed by atoms with Crippen LogP contribution in [0.4, 0.5) is 11.4 Å². The van der Waals surface area contributed by atoms with Crippen molar-refractivity contribution in [2.24, 2.45) is 5.73 Å². The lowest BCUT2D eigenvalue weighted by Crippen LogP contribution is -2.10. The van der Waals surface area contributed by atoms with Gasteiger partial charge >= 0.3 is 5.97 Å². The summed E-state index contributed by atoms with van der Waals surface area (Å²) in [6.45, 7) is 0. The van der Waals surface area contributed by atoms with Crippen LogP contribution < -0.4 is 11.1 Å². The summed E-state index contributed by atoms with van der Waals surface area (Å²) in [6, 6.07) is 9.21. The van der Waals surface area contributed by atoms with E-state index in [4.69, 9.17) is 22.4 Å². The third-order valence-electron chi connectivity index (χ3n) is 2.74. The van der Waals surface area contributed by atoms with Crippen LogP contribution in [0.5, 0.6) is 0 Å². The van der Waals surface area contributed by atoms with E-state index in [0.717, 1.165) is 0 Å². The molecule has 5 nitrogen and oxygen atoms in total. The number of primary amides is 1. The van der Waals surface area contributed by atoms with Crippen LogP contribution in [-0.2, 0) is 0 Å². The Hall–Kier alpha value is -2.05. The maximum absolute atomic E-state index is 11.1. The van der Waals surface area contributed by atoms with Crippen molar-refractivity contribution in [3.8, 4) is 0 Å². The average molecular weight is 370 g/mol. The van der Waals surface area contributed by atoms with Gasteiger partial charge in [-0.2, -0.15) is 0 Å². The zero-order valence-electron chi connectivity index (χ0n) is 10.6. The molecule has 4 N–H and O–H groups in total. The average Bonchev–Trinajstić information content (AvgIpc) is 2.42. The Morgan fingerprint density at radius 2 is 1.71 bits per heavy atom. The SMILES string of the molecule is NC(=O)c1ccc(Nc2ccc(C(=O)O)cc2Cl)c(Br)c1. The molecule has 2 aromatic carbocycles. The van der Waals surface area contributed by atoms with Crippen LogP contribution in [-0.4, -0.2) is 17.0 Å². The second kappa shape index (κ2) is 6.15. The minimum absolute atomic E-state index is 0.105. The molecule has 0 aromatic heterocycles. The first-order valence-corrected chi connectivity index (χ1v) is 6.95. The summed E-state index contributed by atoms with van der Waals surface area (Å²) >= 11 is 9.37. The Balaban J connectivity index is 2.30. The molecule has 21 heavy (non-hydrogen) atoms. The van der Waals surface area contributed by atoms with E-state index in [1.165, 1.54) is 12.1 Å². The van der Waals surface area contributed by atoms with Gasteiger partial charge in [0.05, 0.1) is 22.0 Å². The lowest BCUT2D eigenvalue weighted by Gasteiger charge is -2.11. The van der Waals surface area contributed by atoms with Gasteiger partial charge in [0.1, 0.15) is 0 Å². The lowest BCUT2D eigenvalue weighted by molar-refractivity contribution is 0.0696. The van der Waals surface area contributed by atoms with E-state index in [-0.39, 0.29) is 10.6 Å². The lowest BCUT2D eigenvalue weighted by atomic mass is 10.1. The van der Waals surface area contributed by atoms with E-state index in [0.29, 0.717) is 21.4 Å². The molecule has 0 bridgehead atoms. The molecule has 2 rings (SSSR count). The summed E-state index contributed by atoms with van der Waals surface area (Å²) in [6.07, 6.45) is 0. The van der Waals surface area contributed by atoms with E-state index in [1.54, 1.807) is 24.3 Å². The number of anilines is 2. The van der Waals surface area contributed by atoms with Crippen LogP contribution in [0.1, 0.15) is 20.7 Å². The van der Waals surface area contributed by atoms with Crippen molar-refractivity contribution < 1.29 is 14.7 Å². The number of carbonyl (C=O) groups is 2. The molecule has 0 radical (unpaired) electrons. The molecule has 0 saturated heterocycles. The molecule has 1 amide bonds. The highest BCUT2D eigenvalue weighted by atomic mass is 79.9. The summed E-state index contributed by atoms with van der Waals surface area (Å²) in [4.78, 5) is 21.9. The van der Waals surface area contributed by atoms with Gasteiger partial charge in [-0.15, -0.1) is 0 Å². The molecule has 0 unspecified atom stereocenters. The number of nitrogens with two attached hydrogens (primary N) is 1. The van der Waals surface area contributed by atoms with Crippen LogP contribution in [0.3, 0.4) is 0 Å². The fourth-order valence-corrected chi connectivity index (χ4v) is 2.37. The molecule has 2 aromatic rings. The van der Waals surface area contributed by atoms with Crippen LogP contribution in [0.2, 0.25) is 5.02 Å².